The number of piperazine rings is 1. The summed E-state index contributed by atoms with van der Waals surface area (Å²) in [6.45, 7) is 6.35. The Labute approximate surface area is 138 Å². The molecule has 134 valence electrons. The van der Waals surface area contributed by atoms with Crippen LogP contribution in [-0.4, -0.2) is 47.8 Å². The number of halogens is 3. The van der Waals surface area contributed by atoms with Crippen LogP contribution in [0.4, 0.5) is 29.5 Å². The quantitative estimate of drug-likeness (QED) is 0.847. The number of alkyl halides is 3. The molecule has 9 heteroatoms. The minimum atomic E-state index is -4.52. The SMILES string of the molecule is CC(C)(C)OC(=O)N1CCN(c2cnc(N)cc2C(F)(F)F)CC1. The normalized spacial score (nSPS) is 16.2. The fourth-order valence-corrected chi connectivity index (χ4v) is 2.40. The van der Waals surface area contributed by atoms with Gasteiger partial charge in [-0.1, -0.05) is 0 Å². The molecule has 0 atom stereocenters. The third-order valence-electron chi connectivity index (χ3n) is 3.48. The van der Waals surface area contributed by atoms with Gasteiger partial charge >= 0.3 is 12.3 Å². The highest BCUT2D eigenvalue weighted by molar-refractivity contribution is 5.69. The molecule has 24 heavy (non-hydrogen) atoms. The zero-order valence-electron chi connectivity index (χ0n) is 13.9. The first-order valence-corrected chi connectivity index (χ1v) is 7.53. The summed E-state index contributed by atoms with van der Waals surface area (Å²) in [4.78, 5) is 18.8. The number of hydrogen-bond acceptors (Lipinski definition) is 5. The summed E-state index contributed by atoms with van der Waals surface area (Å²) in [6, 6.07) is 0.829. The highest BCUT2D eigenvalue weighted by atomic mass is 19.4. The highest BCUT2D eigenvalue weighted by Crippen LogP contribution is 2.37. The maximum Gasteiger partial charge on any atom is 0.418 e. The Morgan fingerprint density at radius 2 is 1.79 bits per heavy atom. The van der Waals surface area contributed by atoms with Crippen LogP contribution in [-0.2, 0) is 10.9 Å². The molecule has 2 heterocycles. The third-order valence-corrected chi connectivity index (χ3v) is 3.48. The van der Waals surface area contributed by atoms with Crippen LogP contribution in [0.2, 0.25) is 0 Å². The van der Waals surface area contributed by atoms with E-state index in [1.807, 2.05) is 0 Å². The standard InChI is InChI=1S/C15H21F3N4O2/c1-14(2,3)24-13(23)22-6-4-21(5-7-22)11-9-20-12(19)8-10(11)15(16,17)18/h8-9H,4-7H2,1-3H3,(H2,19,20). The lowest BCUT2D eigenvalue weighted by Crippen LogP contribution is -2.50. The predicted octanol–water partition coefficient (Wildman–Crippen LogP) is 2.74. The molecule has 0 aromatic carbocycles. The van der Waals surface area contributed by atoms with Gasteiger partial charge < -0.3 is 20.3 Å². The summed E-state index contributed by atoms with van der Waals surface area (Å²) < 4.78 is 44.8. The molecule has 1 aromatic heterocycles. The van der Waals surface area contributed by atoms with Crippen LogP contribution in [0.1, 0.15) is 26.3 Å². The number of carbonyl (C=O) groups is 1. The van der Waals surface area contributed by atoms with Gasteiger partial charge in [0.1, 0.15) is 11.4 Å². The number of anilines is 2. The summed E-state index contributed by atoms with van der Waals surface area (Å²) in [7, 11) is 0. The molecule has 0 spiro atoms. The van der Waals surface area contributed by atoms with Crippen LogP contribution < -0.4 is 10.6 Å². The molecule has 1 amide bonds. The van der Waals surface area contributed by atoms with Crippen molar-refractivity contribution in [1.82, 2.24) is 9.88 Å². The van der Waals surface area contributed by atoms with E-state index < -0.39 is 23.4 Å². The first kappa shape index (κ1) is 18.2. The molecule has 0 saturated carbocycles. The van der Waals surface area contributed by atoms with Crippen molar-refractivity contribution in [1.29, 1.82) is 0 Å². The number of ether oxygens (including phenoxy) is 1. The van der Waals surface area contributed by atoms with Gasteiger partial charge in [0.25, 0.3) is 0 Å². The lowest BCUT2D eigenvalue weighted by atomic mass is 10.1. The second-order valence-corrected chi connectivity index (χ2v) is 6.58. The van der Waals surface area contributed by atoms with Crippen LogP contribution in [0.25, 0.3) is 0 Å². The maximum atomic E-state index is 13.2. The van der Waals surface area contributed by atoms with Gasteiger partial charge in [-0.2, -0.15) is 13.2 Å². The van der Waals surface area contributed by atoms with Crippen LogP contribution in [0.5, 0.6) is 0 Å². The van der Waals surface area contributed by atoms with Crippen molar-refractivity contribution < 1.29 is 22.7 Å². The summed E-state index contributed by atoms with van der Waals surface area (Å²) in [5.74, 6) is -0.182. The van der Waals surface area contributed by atoms with Gasteiger partial charge in [0.2, 0.25) is 0 Å². The lowest BCUT2D eigenvalue weighted by Gasteiger charge is -2.37. The van der Waals surface area contributed by atoms with Crippen LogP contribution in [0.3, 0.4) is 0 Å². The Morgan fingerprint density at radius 1 is 1.21 bits per heavy atom. The summed E-state index contributed by atoms with van der Waals surface area (Å²) >= 11 is 0. The average molecular weight is 346 g/mol. The van der Waals surface area contributed by atoms with Crippen molar-refractivity contribution in [3.05, 3.63) is 17.8 Å². The van der Waals surface area contributed by atoms with E-state index in [1.165, 1.54) is 4.90 Å². The van der Waals surface area contributed by atoms with Crippen molar-refractivity contribution in [3.8, 4) is 0 Å². The molecule has 1 saturated heterocycles. The Morgan fingerprint density at radius 3 is 2.29 bits per heavy atom. The van der Waals surface area contributed by atoms with E-state index in [9.17, 15) is 18.0 Å². The number of nitrogen functional groups attached to an aromatic ring is 1. The highest BCUT2D eigenvalue weighted by Gasteiger charge is 2.36. The monoisotopic (exact) mass is 346 g/mol. The summed E-state index contributed by atoms with van der Waals surface area (Å²) in [5, 5.41) is 0. The van der Waals surface area contributed by atoms with E-state index in [2.05, 4.69) is 4.98 Å². The first-order valence-electron chi connectivity index (χ1n) is 7.53. The van der Waals surface area contributed by atoms with Crippen LogP contribution in [0.15, 0.2) is 12.3 Å². The van der Waals surface area contributed by atoms with Crippen molar-refractivity contribution in [2.75, 3.05) is 36.8 Å². The van der Waals surface area contributed by atoms with E-state index >= 15 is 0 Å². The number of amides is 1. The topological polar surface area (TPSA) is 71.7 Å². The fourth-order valence-electron chi connectivity index (χ4n) is 2.40. The van der Waals surface area contributed by atoms with Gasteiger partial charge in [-0.3, -0.25) is 0 Å². The van der Waals surface area contributed by atoms with Gasteiger partial charge in [-0.15, -0.1) is 0 Å². The van der Waals surface area contributed by atoms with E-state index in [0.29, 0.717) is 0 Å². The van der Waals surface area contributed by atoms with Gasteiger partial charge in [-0.25, -0.2) is 9.78 Å². The number of aromatic nitrogens is 1. The second kappa shape index (κ2) is 6.37. The first-order chi connectivity index (χ1) is 11.0. The Kier molecular flexibility index (Phi) is 4.82. The fraction of sp³-hybridized carbons (Fsp3) is 0.600. The van der Waals surface area contributed by atoms with Gasteiger partial charge in [0, 0.05) is 26.2 Å². The summed E-state index contributed by atoms with van der Waals surface area (Å²) in [5.41, 5.74) is 3.92. The van der Waals surface area contributed by atoms with E-state index in [4.69, 9.17) is 10.5 Å². The third kappa shape index (κ3) is 4.42. The molecule has 6 nitrogen and oxygen atoms in total. The largest absolute Gasteiger partial charge is 0.444 e. The molecular weight excluding hydrogens is 325 g/mol. The zero-order valence-corrected chi connectivity index (χ0v) is 13.9. The summed E-state index contributed by atoms with van der Waals surface area (Å²) in [6.07, 6.45) is -3.86. The van der Waals surface area contributed by atoms with Crippen molar-refractivity contribution in [2.24, 2.45) is 0 Å². The Bertz CT molecular complexity index is 606. The Hall–Kier alpha value is -2.19. The number of rotatable bonds is 1. The molecule has 1 aliphatic rings. The van der Waals surface area contributed by atoms with Gasteiger partial charge in [0.15, 0.2) is 0 Å². The molecule has 1 aromatic rings. The molecule has 2 rings (SSSR count). The van der Waals surface area contributed by atoms with Gasteiger partial charge in [0.05, 0.1) is 17.4 Å². The number of nitrogens with two attached hydrogens (primary N) is 1. The molecule has 2 N–H and O–H groups in total. The van der Waals surface area contributed by atoms with E-state index in [1.54, 1.807) is 25.7 Å². The number of pyridine rings is 1. The molecule has 1 aliphatic heterocycles. The zero-order chi connectivity index (χ0) is 18.1. The minimum absolute atomic E-state index is 0.0273. The van der Waals surface area contributed by atoms with Crippen molar-refractivity contribution >= 4 is 17.6 Å². The number of hydrogen-bond donors (Lipinski definition) is 1. The minimum Gasteiger partial charge on any atom is -0.444 e. The lowest BCUT2D eigenvalue weighted by molar-refractivity contribution is -0.137. The van der Waals surface area contributed by atoms with Crippen LogP contribution in [0, 0.1) is 0 Å². The van der Waals surface area contributed by atoms with E-state index in [-0.39, 0.29) is 37.7 Å². The van der Waals surface area contributed by atoms with Crippen molar-refractivity contribution in [3.63, 3.8) is 0 Å². The number of nitrogens with zero attached hydrogens (tertiary/aromatic N) is 3. The number of carbonyl (C=O) groups excluding carboxylic acids is 1. The molecule has 0 aliphatic carbocycles. The molecule has 0 radical (unpaired) electrons. The molecule has 0 bridgehead atoms. The molecule has 0 unspecified atom stereocenters. The van der Waals surface area contributed by atoms with Crippen molar-refractivity contribution in [2.45, 2.75) is 32.5 Å². The van der Waals surface area contributed by atoms with E-state index in [0.717, 1.165) is 12.3 Å². The Balaban J connectivity index is 2.09. The predicted molar refractivity (Wildman–Crippen MR) is 83.7 cm³/mol. The molecular formula is C15H21F3N4O2. The average Bonchev–Trinajstić information content (AvgIpc) is 2.44. The van der Waals surface area contributed by atoms with Gasteiger partial charge in [-0.05, 0) is 26.8 Å². The smallest absolute Gasteiger partial charge is 0.418 e. The maximum absolute atomic E-state index is 13.2. The molecule has 1 fully saturated rings. The van der Waals surface area contributed by atoms with Crippen LogP contribution >= 0.6 is 0 Å². The second-order valence-electron chi connectivity index (χ2n) is 6.58.